The Morgan fingerprint density at radius 3 is 1.24 bits per heavy atom. The van der Waals surface area contributed by atoms with Crippen molar-refractivity contribution < 1.29 is 78.6 Å². The Morgan fingerprint density at radius 2 is 0.852 bits per heavy atom. The fraction of sp³-hybridized carbons (Fsp3) is 0.643. The molecule has 1 rings (SSSR count). The van der Waals surface area contributed by atoms with Gasteiger partial charge in [-0.15, -0.1) is 0 Å². The standard InChI is InChI=1S/C28H46N10O16/c39-17-11-30-2-1-27(7-21(43)44,8-22(45)46)38(16-26(53)54)28(9-23(47)48,10-24(49)50)37(15-25(51)52)14-20(42)36-35-19(41)13-32-6-4-29-3-5-31-12-18(40)34-33-17/h29-32H,1-16H2,(H,33,39)(H,34,40)(H,35,41)(H,36,42)(H,43,44)(H,45,46)(H,47,48)(H,49,50)(H,51,52)(H,53,54). The molecule has 26 nitrogen and oxygen atoms in total. The number of nitrogens with zero attached hydrogens (tertiary/aromatic N) is 2. The van der Waals surface area contributed by atoms with E-state index in [4.69, 9.17) is 0 Å². The van der Waals surface area contributed by atoms with Crippen molar-refractivity contribution in [2.45, 2.75) is 43.3 Å². The zero-order valence-electron chi connectivity index (χ0n) is 29.0. The molecule has 0 spiro atoms. The number of aliphatic carboxylic acids is 6. The highest BCUT2D eigenvalue weighted by atomic mass is 16.4. The maximum absolute atomic E-state index is 13.1. The molecule has 0 aromatic carbocycles. The Balaban J connectivity index is 3.93. The molecule has 1 heterocycles. The minimum atomic E-state index is -2.98. The van der Waals surface area contributed by atoms with Gasteiger partial charge >= 0.3 is 35.8 Å². The van der Waals surface area contributed by atoms with Crippen LogP contribution in [0.5, 0.6) is 0 Å². The van der Waals surface area contributed by atoms with Gasteiger partial charge in [-0.3, -0.25) is 79.4 Å². The predicted molar refractivity (Wildman–Crippen MR) is 177 cm³/mol. The normalized spacial score (nSPS) is 19.6. The Bertz CT molecular complexity index is 1360. The van der Waals surface area contributed by atoms with Gasteiger partial charge in [0.25, 0.3) is 23.6 Å². The van der Waals surface area contributed by atoms with Crippen LogP contribution in [0.15, 0.2) is 0 Å². The second-order valence-electron chi connectivity index (χ2n) is 11.9. The minimum Gasteiger partial charge on any atom is -0.481 e. The summed E-state index contributed by atoms with van der Waals surface area (Å²) in [5.74, 6) is -14.6. The number of amides is 4. The van der Waals surface area contributed by atoms with Crippen LogP contribution in [0.2, 0.25) is 0 Å². The average Bonchev–Trinajstić information content (AvgIpc) is 3.04. The summed E-state index contributed by atoms with van der Waals surface area (Å²) in [4.78, 5) is 125. The summed E-state index contributed by atoms with van der Waals surface area (Å²) < 4.78 is 0. The molecule has 0 unspecified atom stereocenters. The topological polar surface area (TPSA) is 395 Å². The summed E-state index contributed by atoms with van der Waals surface area (Å²) in [6, 6.07) is 0. The summed E-state index contributed by atoms with van der Waals surface area (Å²) in [5, 5.41) is 71.1. The van der Waals surface area contributed by atoms with Gasteiger partial charge in [0.2, 0.25) is 0 Å². The van der Waals surface area contributed by atoms with Crippen LogP contribution in [-0.2, 0) is 47.9 Å². The first kappa shape index (κ1) is 46.5. The molecule has 0 aliphatic carbocycles. The van der Waals surface area contributed by atoms with Crippen LogP contribution >= 0.6 is 0 Å². The lowest BCUT2D eigenvalue weighted by molar-refractivity contribution is -0.186. The van der Waals surface area contributed by atoms with Crippen molar-refractivity contribution in [3.05, 3.63) is 0 Å². The third-order valence-electron chi connectivity index (χ3n) is 7.71. The van der Waals surface area contributed by atoms with Gasteiger partial charge in [-0.1, -0.05) is 0 Å². The highest BCUT2D eigenvalue weighted by Gasteiger charge is 2.56. The number of carbonyl (C=O) groups is 10. The third-order valence-corrected chi connectivity index (χ3v) is 7.71. The lowest BCUT2D eigenvalue weighted by atomic mass is 9.80. The van der Waals surface area contributed by atoms with Crippen LogP contribution in [0.4, 0.5) is 0 Å². The highest BCUT2D eigenvalue weighted by Crippen LogP contribution is 2.40. The molecule has 0 saturated carbocycles. The van der Waals surface area contributed by atoms with E-state index in [-0.39, 0.29) is 19.6 Å². The fourth-order valence-electron chi connectivity index (χ4n) is 5.69. The largest absolute Gasteiger partial charge is 0.481 e. The lowest BCUT2D eigenvalue weighted by Crippen LogP contribution is -2.72. The Hall–Kier alpha value is -5.54. The van der Waals surface area contributed by atoms with E-state index < -0.39 is 135 Å². The van der Waals surface area contributed by atoms with Crippen LogP contribution in [-0.4, -0.2) is 183 Å². The molecule has 304 valence electrons. The van der Waals surface area contributed by atoms with Crippen molar-refractivity contribution in [3.8, 4) is 0 Å². The van der Waals surface area contributed by atoms with Gasteiger partial charge < -0.3 is 51.9 Å². The Labute approximate surface area is 306 Å². The number of carboxylic acid groups (broad SMARTS) is 6. The van der Waals surface area contributed by atoms with Crippen molar-refractivity contribution in [2.75, 3.05) is 72.0 Å². The summed E-state index contributed by atoms with van der Waals surface area (Å²) in [6.45, 7) is -4.49. The Morgan fingerprint density at radius 1 is 0.481 bits per heavy atom. The smallest absolute Gasteiger partial charge is 0.317 e. The first-order valence-electron chi connectivity index (χ1n) is 16.1. The van der Waals surface area contributed by atoms with E-state index in [1.165, 1.54) is 0 Å². The predicted octanol–water partition coefficient (Wildman–Crippen LogP) is -6.85. The van der Waals surface area contributed by atoms with E-state index in [0.717, 1.165) is 0 Å². The van der Waals surface area contributed by atoms with Crippen molar-refractivity contribution >= 4 is 59.4 Å². The molecule has 54 heavy (non-hydrogen) atoms. The van der Waals surface area contributed by atoms with Gasteiger partial charge in [-0.25, -0.2) is 0 Å². The van der Waals surface area contributed by atoms with Crippen LogP contribution in [0.25, 0.3) is 0 Å². The van der Waals surface area contributed by atoms with E-state index in [0.29, 0.717) is 29.4 Å². The second-order valence-corrected chi connectivity index (χ2v) is 11.9. The highest BCUT2D eigenvalue weighted by molar-refractivity contribution is 5.85. The first-order valence-corrected chi connectivity index (χ1v) is 16.1. The quantitative estimate of drug-likeness (QED) is 0.0875. The average molecular weight is 779 g/mol. The zero-order valence-corrected chi connectivity index (χ0v) is 29.0. The van der Waals surface area contributed by atoms with Crippen molar-refractivity contribution in [2.24, 2.45) is 0 Å². The molecule has 1 aliphatic heterocycles. The van der Waals surface area contributed by atoms with E-state index in [2.05, 4.69) is 32.1 Å². The number of hydrogen-bond donors (Lipinski definition) is 14. The van der Waals surface area contributed by atoms with Crippen molar-refractivity contribution in [3.63, 3.8) is 0 Å². The molecule has 1 saturated heterocycles. The number of hydrazine groups is 2. The first-order chi connectivity index (χ1) is 25.3. The van der Waals surface area contributed by atoms with Gasteiger partial charge in [-0.2, -0.15) is 0 Å². The van der Waals surface area contributed by atoms with Crippen molar-refractivity contribution in [1.82, 2.24) is 52.8 Å². The number of nitrogens with one attached hydrogen (secondary N) is 8. The molecular weight excluding hydrogens is 732 g/mol. The number of rotatable bonds is 12. The molecule has 0 bridgehead atoms. The van der Waals surface area contributed by atoms with E-state index in [1.54, 1.807) is 0 Å². The molecule has 14 N–H and O–H groups in total. The summed E-state index contributed by atoms with van der Waals surface area (Å²) in [6.07, 6.45) is -6.40. The third kappa shape index (κ3) is 17.3. The molecule has 0 aromatic rings. The molecule has 0 radical (unpaired) electrons. The molecule has 4 amide bonds. The molecule has 26 heteroatoms. The summed E-state index contributed by atoms with van der Waals surface area (Å²) >= 11 is 0. The van der Waals surface area contributed by atoms with Gasteiger partial charge in [0, 0.05) is 31.7 Å². The maximum Gasteiger partial charge on any atom is 0.317 e. The minimum absolute atomic E-state index is 0.209. The van der Waals surface area contributed by atoms with Crippen LogP contribution in [0.3, 0.4) is 0 Å². The van der Waals surface area contributed by atoms with E-state index in [1.807, 2.05) is 10.9 Å². The fourth-order valence-corrected chi connectivity index (χ4v) is 5.69. The van der Waals surface area contributed by atoms with Gasteiger partial charge in [-0.05, 0) is 13.0 Å². The summed E-state index contributed by atoms with van der Waals surface area (Å²) in [7, 11) is 0. The van der Waals surface area contributed by atoms with Gasteiger partial charge in [0.15, 0.2) is 0 Å². The molecule has 1 aliphatic rings. The second kappa shape index (κ2) is 23.2. The van der Waals surface area contributed by atoms with Crippen LogP contribution in [0, 0.1) is 0 Å². The molecule has 1 fully saturated rings. The lowest BCUT2D eigenvalue weighted by Gasteiger charge is -2.56. The maximum atomic E-state index is 13.1. The molecule has 0 atom stereocenters. The zero-order chi connectivity index (χ0) is 40.9. The van der Waals surface area contributed by atoms with E-state index in [9.17, 15) is 78.6 Å². The van der Waals surface area contributed by atoms with Crippen molar-refractivity contribution in [1.29, 1.82) is 0 Å². The van der Waals surface area contributed by atoms with E-state index >= 15 is 0 Å². The monoisotopic (exact) mass is 778 g/mol. The van der Waals surface area contributed by atoms with Gasteiger partial charge in [0.1, 0.15) is 0 Å². The molecular formula is C28H46N10O16. The molecule has 0 aromatic heterocycles. The summed E-state index contributed by atoms with van der Waals surface area (Å²) in [5.41, 5.74) is 2.65. The number of carboxylic acids is 6. The van der Waals surface area contributed by atoms with Gasteiger partial charge in [0.05, 0.1) is 70.6 Å². The number of carbonyl (C=O) groups excluding carboxylic acids is 4. The number of hydrogen-bond acceptors (Lipinski definition) is 16. The Kier molecular flexibility index (Phi) is 20.0. The SMILES string of the molecule is O=C(O)CN1CC(=O)NNC(=O)CNCCNCCNCC(=O)NNC(=O)CNCCC(CC(=O)O)(CC(=O)O)N(CC(=O)O)C1(CC(=O)O)CC(=O)O. The van der Waals surface area contributed by atoms with Crippen LogP contribution in [0.1, 0.15) is 32.1 Å². The van der Waals surface area contributed by atoms with Crippen LogP contribution < -0.4 is 43.0 Å².